The summed E-state index contributed by atoms with van der Waals surface area (Å²) in [6, 6.07) is 2.06. The summed E-state index contributed by atoms with van der Waals surface area (Å²) >= 11 is 1.61. The number of hydrogen-bond acceptors (Lipinski definition) is 3. The van der Waals surface area contributed by atoms with Gasteiger partial charge in [0.15, 0.2) is 0 Å². The topological polar surface area (TPSA) is 32.3 Å². The van der Waals surface area contributed by atoms with Crippen molar-refractivity contribution in [3.8, 4) is 0 Å². The summed E-state index contributed by atoms with van der Waals surface area (Å²) in [5, 5.41) is 16.6. The van der Waals surface area contributed by atoms with Gasteiger partial charge in [-0.05, 0) is 36.4 Å². The van der Waals surface area contributed by atoms with Gasteiger partial charge in [0.25, 0.3) is 0 Å². The van der Waals surface area contributed by atoms with Crippen molar-refractivity contribution in [1.82, 2.24) is 5.32 Å². The van der Waals surface area contributed by atoms with Crippen molar-refractivity contribution >= 4 is 11.3 Å². The Morgan fingerprint density at radius 2 is 2.36 bits per heavy atom. The van der Waals surface area contributed by atoms with Gasteiger partial charge in [-0.2, -0.15) is 11.3 Å². The molecular weight excluding hydrogens is 158 g/mol. The van der Waals surface area contributed by atoms with Gasteiger partial charge >= 0.3 is 0 Å². The Balaban J connectivity index is 2.62. The molecule has 0 unspecified atom stereocenters. The number of thiophene rings is 1. The first kappa shape index (κ1) is 8.71. The zero-order valence-electron chi connectivity index (χ0n) is 6.74. The zero-order chi connectivity index (χ0) is 8.27. The maximum absolute atomic E-state index is 9.62. The highest BCUT2D eigenvalue weighted by Crippen LogP contribution is 2.18. The normalized spacial score (nSPS) is 16.3. The van der Waals surface area contributed by atoms with E-state index >= 15 is 0 Å². The number of rotatable bonds is 3. The van der Waals surface area contributed by atoms with E-state index in [-0.39, 0.29) is 12.1 Å². The molecule has 0 saturated carbocycles. The van der Waals surface area contributed by atoms with E-state index < -0.39 is 0 Å². The van der Waals surface area contributed by atoms with Gasteiger partial charge in [0.1, 0.15) is 0 Å². The molecule has 0 fully saturated rings. The van der Waals surface area contributed by atoms with Gasteiger partial charge in [-0.3, -0.25) is 0 Å². The van der Waals surface area contributed by atoms with Gasteiger partial charge < -0.3 is 10.4 Å². The molecule has 0 amide bonds. The van der Waals surface area contributed by atoms with E-state index in [0.29, 0.717) is 0 Å². The minimum Gasteiger partial charge on any atom is -0.387 e. The van der Waals surface area contributed by atoms with E-state index in [9.17, 15) is 5.11 Å². The third kappa shape index (κ3) is 2.02. The number of aliphatic hydroxyl groups excluding tert-OH is 1. The molecule has 2 atom stereocenters. The summed E-state index contributed by atoms with van der Waals surface area (Å²) in [6.45, 7) is 1.96. The van der Waals surface area contributed by atoms with Crippen molar-refractivity contribution in [1.29, 1.82) is 0 Å². The maximum Gasteiger partial charge on any atom is 0.0948 e. The van der Waals surface area contributed by atoms with Crippen LogP contribution in [-0.4, -0.2) is 18.2 Å². The second kappa shape index (κ2) is 3.85. The summed E-state index contributed by atoms with van der Waals surface area (Å²) in [4.78, 5) is 0. The van der Waals surface area contributed by atoms with Gasteiger partial charge in [0.05, 0.1) is 6.10 Å². The highest BCUT2D eigenvalue weighted by molar-refractivity contribution is 7.07. The van der Waals surface area contributed by atoms with Crippen molar-refractivity contribution in [3.63, 3.8) is 0 Å². The van der Waals surface area contributed by atoms with Gasteiger partial charge in [-0.15, -0.1) is 0 Å². The van der Waals surface area contributed by atoms with Gasteiger partial charge in [0.2, 0.25) is 0 Å². The van der Waals surface area contributed by atoms with Crippen LogP contribution in [0.5, 0.6) is 0 Å². The van der Waals surface area contributed by atoms with E-state index in [4.69, 9.17) is 0 Å². The number of aliphatic hydroxyl groups is 1. The molecule has 62 valence electrons. The van der Waals surface area contributed by atoms with Crippen molar-refractivity contribution < 1.29 is 5.11 Å². The van der Waals surface area contributed by atoms with E-state index in [1.807, 2.05) is 30.8 Å². The second-order valence-corrected chi connectivity index (χ2v) is 3.36. The third-order valence-corrected chi connectivity index (χ3v) is 2.52. The third-order valence-electron chi connectivity index (χ3n) is 1.81. The first-order valence-electron chi connectivity index (χ1n) is 3.63. The fourth-order valence-electron chi connectivity index (χ4n) is 0.890. The molecule has 1 rings (SSSR count). The standard InChI is InChI=1S/C8H13NOS/c1-6(9-2)8(10)7-3-4-11-5-7/h3-6,8-10H,1-2H3/t6-,8-/m0/s1. The van der Waals surface area contributed by atoms with Gasteiger partial charge in [-0.1, -0.05) is 0 Å². The molecule has 0 aliphatic rings. The highest BCUT2D eigenvalue weighted by atomic mass is 32.1. The average molecular weight is 171 g/mol. The molecule has 3 heteroatoms. The molecule has 2 N–H and O–H groups in total. The average Bonchev–Trinajstić information content (AvgIpc) is 2.53. The Hall–Kier alpha value is -0.380. The summed E-state index contributed by atoms with van der Waals surface area (Å²) in [5.41, 5.74) is 0.997. The lowest BCUT2D eigenvalue weighted by Crippen LogP contribution is -2.28. The highest BCUT2D eigenvalue weighted by Gasteiger charge is 2.13. The number of hydrogen-bond donors (Lipinski definition) is 2. The first-order valence-corrected chi connectivity index (χ1v) is 4.57. The predicted molar refractivity (Wildman–Crippen MR) is 47.8 cm³/mol. The molecule has 0 aliphatic heterocycles. The quantitative estimate of drug-likeness (QED) is 0.720. The molecule has 2 nitrogen and oxygen atoms in total. The predicted octanol–water partition coefficient (Wildman–Crippen LogP) is 1.39. The van der Waals surface area contributed by atoms with Crippen LogP contribution in [0.2, 0.25) is 0 Å². The van der Waals surface area contributed by atoms with Crippen molar-refractivity contribution in [2.75, 3.05) is 7.05 Å². The lowest BCUT2D eigenvalue weighted by atomic mass is 10.1. The van der Waals surface area contributed by atoms with E-state index in [1.54, 1.807) is 11.3 Å². The molecule has 0 saturated heterocycles. The molecule has 1 aromatic heterocycles. The number of likely N-dealkylation sites (N-methyl/N-ethyl adjacent to an activating group) is 1. The van der Waals surface area contributed by atoms with Crippen molar-refractivity contribution in [2.24, 2.45) is 0 Å². The summed E-state index contributed by atoms with van der Waals surface area (Å²) in [7, 11) is 1.85. The van der Waals surface area contributed by atoms with Crippen LogP contribution in [0, 0.1) is 0 Å². The zero-order valence-corrected chi connectivity index (χ0v) is 7.56. The molecule has 0 bridgehead atoms. The Kier molecular flexibility index (Phi) is 3.05. The van der Waals surface area contributed by atoms with Crippen LogP contribution in [0.25, 0.3) is 0 Å². The number of nitrogens with one attached hydrogen (secondary N) is 1. The van der Waals surface area contributed by atoms with E-state index in [1.165, 1.54) is 0 Å². The molecule has 0 spiro atoms. The van der Waals surface area contributed by atoms with Crippen LogP contribution in [0.1, 0.15) is 18.6 Å². The monoisotopic (exact) mass is 171 g/mol. The molecule has 1 aromatic rings. The van der Waals surface area contributed by atoms with Gasteiger partial charge in [-0.25, -0.2) is 0 Å². The second-order valence-electron chi connectivity index (χ2n) is 2.58. The van der Waals surface area contributed by atoms with Crippen molar-refractivity contribution in [3.05, 3.63) is 22.4 Å². The molecular formula is C8H13NOS. The van der Waals surface area contributed by atoms with Gasteiger partial charge in [0, 0.05) is 6.04 Å². The van der Waals surface area contributed by atoms with Crippen LogP contribution < -0.4 is 5.32 Å². The SMILES string of the molecule is CN[C@@H](C)[C@H](O)c1ccsc1. The lowest BCUT2D eigenvalue weighted by molar-refractivity contribution is 0.140. The van der Waals surface area contributed by atoms with E-state index in [2.05, 4.69) is 5.32 Å². The molecule has 1 heterocycles. The Labute approximate surface area is 70.9 Å². The largest absolute Gasteiger partial charge is 0.387 e. The van der Waals surface area contributed by atoms with Crippen LogP contribution in [0.4, 0.5) is 0 Å². The minimum atomic E-state index is -0.383. The summed E-state index contributed by atoms with van der Waals surface area (Å²) in [5.74, 6) is 0. The van der Waals surface area contributed by atoms with Crippen molar-refractivity contribution in [2.45, 2.75) is 19.1 Å². The Bertz CT molecular complexity index is 198. The smallest absolute Gasteiger partial charge is 0.0948 e. The Morgan fingerprint density at radius 3 is 2.82 bits per heavy atom. The fourth-order valence-corrected chi connectivity index (χ4v) is 1.58. The van der Waals surface area contributed by atoms with E-state index in [0.717, 1.165) is 5.56 Å². The summed E-state index contributed by atoms with van der Waals surface area (Å²) < 4.78 is 0. The first-order chi connectivity index (χ1) is 5.25. The Morgan fingerprint density at radius 1 is 1.64 bits per heavy atom. The minimum absolute atomic E-state index is 0.115. The van der Waals surface area contributed by atoms with Crippen LogP contribution in [-0.2, 0) is 0 Å². The van der Waals surface area contributed by atoms with Crippen LogP contribution in [0.15, 0.2) is 16.8 Å². The summed E-state index contributed by atoms with van der Waals surface area (Å²) in [6.07, 6.45) is -0.383. The van der Waals surface area contributed by atoms with Crippen LogP contribution >= 0.6 is 11.3 Å². The molecule has 0 aromatic carbocycles. The molecule has 0 radical (unpaired) electrons. The maximum atomic E-state index is 9.62. The fraction of sp³-hybridized carbons (Fsp3) is 0.500. The lowest BCUT2D eigenvalue weighted by Gasteiger charge is -2.16. The van der Waals surface area contributed by atoms with Crippen LogP contribution in [0.3, 0.4) is 0 Å². The molecule has 11 heavy (non-hydrogen) atoms. The molecule has 0 aliphatic carbocycles.